The van der Waals surface area contributed by atoms with Crippen molar-refractivity contribution in [2.75, 3.05) is 12.0 Å². The maximum atomic E-state index is 14.6. The largest absolute Gasteiger partial charge is 0.497 e. The summed E-state index contributed by atoms with van der Waals surface area (Å²) in [5.41, 5.74) is 2.37. The summed E-state index contributed by atoms with van der Waals surface area (Å²) >= 11 is 10.6. The van der Waals surface area contributed by atoms with Crippen LogP contribution in [0.4, 0.5) is 5.69 Å². The molecular weight excluding hydrogens is 604 g/mol. The number of ether oxygens (including phenoxy) is 1. The van der Waals surface area contributed by atoms with Gasteiger partial charge in [-0.05, 0) is 71.4 Å². The Morgan fingerprint density at radius 3 is 2.43 bits per heavy atom. The van der Waals surface area contributed by atoms with Crippen molar-refractivity contribution in [1.29, 1.82) is 0 Å². The number of Topliss-reactive ketones (excluding diaryl/α,β-unsaturated/α-hetero) is 1. The van der Waals surface area contributed by atoms with E-state index in [-0.39, 0.29) is 16.3 Å². The second kappa shape index (κ2) is 11.2. The van der Waals surface area contributed by atoms with Gasteiger partial charge >= 0.3 is 0 Å². The van der Waals surface area contributed by atoms with Crippen LogP contribution in [0, 0.1) is 0 Å². The molecule has 0 N–H and O–H groups in total. The molecular formula is C33H25ClN2O3S3. The molecule has 0 bridgehead atoms. The van der Waals surface area contributed by atoms with Crippen molar-refractivity contribution >= 4 is 67.8 Å². The fourth-order valence-electron chi connectivity index (χ4n) is 6.05. The van der Waals surface area contributed by atoms with Gasteiger partial charge in [0, 0.05) is 27.2 Å². The molecule has 1 spiro atoms. The molecule has 3 aliphatic heterocycles. The van der Waals surface area contributed by atoms with Crippen molar-refractivity contribution in [3.05, 3.63) is 125 Å². The van der Waals surface area contributed by atoms with E-state index in [0.29, 0.717) is 22.1 Å². The molecule has 4 atom stereocenters. The zero-order valence-corrected chi connectivity index (χ0v) is 25.7. The third kappa shape index (κ3) is 4.56. The zero-order valence-electron chi connectivity index (χ0n) is 22.5. The van der Waals surface area contributed by atoms with Gasteiger partial charge < -0.3 is 9.64 Å². The Kier molecular flexibility index (Phi) is 7.34. The van der Waals surface area contributed by atoms with E-state index in [1.54, 1.807) is 54.9 Å². The molecule has 0 amide bonds. The fourth-order valence-corrected chi connectivity index (χ4v) is 9.93. The number of carbonyl (C=O) groups excluding carboxylic acids is 2. The Hall–Kier alpha value is -3.17. The molecule has 3 aliphatic rings. The van der Waals surface area contributed by atoms with Gasteiger partial charge in [0.05, 0.1) is 12.8 Å². The lowest BCUT2D eigenvalue weighted by atomic mass is 9.77. The lowest BCUT2D eigenvalue weighted by molar-refractivity contribution is -0.115. The quantitative estimate of drug-likeness (QED) is 0.201. The van der Waals surface area contributed by atoms with Crippen LogP contribution in [0.3, 0.4) is 0 Å². The number of anilines is 1. The van der Waals surface area contributed by atoms with E-state index in [2.05, 4.69) is 23.1 Å². The van der Waals surface area contributed by atoms with E-state index in [1.165, 1.54) is 11.8 Å². The van der Waals surface area contributed by atoms with Gasteiger partial charge in [-0.2, -0.15) is 0 Å². The van der Waals surface area contributed by atoms with E-state index in [9.17, 15) is 9.59 Å². The fraction of sp³-hybridized carbons (Fsp3) is 0.182. The predicted octanol–water partition coefficient (Wildman–Crippen LogP) is 7.94. The van der Waals surface area contributed by atoms with E-state index in [1.807, 2.05) is 60.7 Å². The van der Waals surface area contributed by atoms with Gasteiger partial charge in [0.2, 0.25) is 5.12 Å². The Balaban J connectivity index is 1.39. The molecule has 210 valence electrons. The molecule has 42 heavy (non-hydrogen) atoms. The maximum Gasteiger partial charge on any atom is 0.227 e. The molecule has 0 unspecified atom stereocenters. The molecule has 4 aromatic rings. The van der Waals surface area contributed by atoms with Crippen LogP contribution in [0.25, 0.3) is 0 Å². The van der Waals surface area contributed by atoms with Crippen molar-refractivity contribution in [1.82, 2.24) is 0 Å². The number of halogens is 1. The van der Waals surface area contributed by atoms with Crippen molar-refractivity contribution < 1.29 is 14.3 Å². The van der Waals surface area contributed by atoms with Crippen LogP contribution in [0.2, 0.25) is 5.02 Å². The molecule has 5 nitrogen and oxygen atoms in total. The lowest BCUT2D eigenvalue weighted by Gasteiger charge is -2.30. The first kappa shape index (κ1) is 27.7. The van der Waals surface area contributed by atoms with Crippen LogP contribution in [-0.4, -0.2) is 39.3 Å². The Labute approximate surface area is 262 Å². The van der Waals surface area contributed by atoms with Crippen molar-refractivity contribution in [2.24, 2.45) is 4.99 Å². The normalized spacial score (nSPS) is 24.0. The topological polar surface area (TPSA) is 59.0 Å². The monoisotopic (exact) mass is 628 g/mol. The second-order valence-electron chi connectivity index (χ2n) is 10.3. The molecule has 3 heterocycles. The van der Waals surface area contributed by atoms with Crippen LogP contribution < -0.4 is 9.64 Å². The molecule has 9 heteroatoms. The number of rotatable bonds is 6. The summed E-state index contributed by atoms with van der Waals surface area (Å²) in [5.74, 6) is 0.830. The van der Waals surface area contributed by atoms with Gasteiger partial charge in [-0.3, -0.25) is 14.6 Å². The van der Waals surface area contributed by atoms with Gasteiger partial charge in [0.15, 0.2) is 11.3 Å². The summed E-state index contributed by atoms with van der Waals surface area (Å²) in [7, 11) is 1.63. The average molecular weight is 629 g/mol. The minimum absolute atomic E-state index is 0.0272. The number of benzene rings is 4. The standard InChI is InChI=1S/C33H25ClN2O3S3/c1-39-24-17-13-21(14-18-24)27-28(29(37)22-11-15-23(34)16-12-22)36-25-9-5-6-10-26(25)41-30(36)33(27)31(38)42-32(35-33)40-19-20-7-3-2-4-8-20/h2-18,27-28,30H,19H2,1H3/t27-,28+,30-,33-/m1/s1. The van der Waals surface area contributed by atoms with Crippen molar-refractivity contribution in [2.45, 2.75) is 33.5 Å². The van der Waals surface area contributed by atoms with E-state index >= 15 is 0 Å². The minimum Gasteiger partial charge on any atom is -0.497 e. The first-order valence-corrected chi connectivity index (χ1v) is 16.5. The van der Waals surface area contributed by atoms with Crippen molar-refractivity contribution in [3.8, 4) is 5.75 Å². The minimum atomic E-state index is -1.17. The molecule has 0 radical (unpaired) electrons. The van der Waals surface area contributed by atoms with Gasteiger partial charge in [-0.15, -0.1) is 0 Å². The van der Waals surface area contributed by atoms with Gasteiger partial charge in [-0.25, -0.2) is 0 Å². The number of nitrogens with zero attached hydrogens (tertiary/aromatic N) is 2. The van der Waals surface area contributed by atoms with Crippen LogP contribution in [0.5, 0.6) is 5.75 Å². The summed E-state index contributed by atoms with van der Waals surface area (Å²) in [6, 6.07) is 32.3. The molecule has 0 saturated carbocycles. The number of aliphatic imine (C=N–C) groups is 1. The maximum absolute atomic E-state index is 14.6. The van der Waals surface area contributed by atoms with Crippen LogP contribution in [0.15, 0.2) is 113 Å². The molecule has 4 aromatic carbocycles. The number of para-hydroxylation sites is 1. The Morgan fingerprint density at radius 2 is 1.69 bits per heavy atom. The lowest BCUT2D eigenvalue weighted by Crippen LogP contribution is -2.45. The summed E-state index contributed by atoms with van der Waals surface area (Å²) in [6.07, 6.45) is 0. The highest BCUT2D eigenvalue weighted by Crippen LogP contribution is 2.63. The smallest absolute Gasteiger partial charge is 0.227 e. The number of thioether (sulfide) groups is 3. The Bertz CT molecular complexity index is 1700. The number of hydrogen-bond acceptors (Lipinski definition) is 8. The highest BCUT2D eigenvalue weighted by atomic mass is 35.5. The van der Waals surface area contributed by atoms with E-state index in [0.717, 1.165) is 26.1 Å². The number of carbonyl (C=O) groups is 2. The van der Waals surface area contributed by atoms with Crippen LogP contribution in [0.1, 0.15) is 27.4 Å². The van der Waals surface area contributed by atoms with Crippen molar-refractivity contribution in [3.63, 3.8) is 0 Å². The van der Waals surface area contributed by atoms with E-state index < -0.39 is 17.5 Å². The first-order valence-electron chi connectivity index (χ1n) is 13.5. The summed E-state index contributed by atoms with van der Waals surface area (Å²) in [4.78, 5) is 37.5. The second-order valence-corrected chi connectivity index (χ2v) is 14.0. The molecule has 0 aromatic heterocycles. The van der Waals surface area contributed by atoms with Crippen LogP contribution >= 0.6 is 46.9 Å². The molecule has 1 fully saturated rings. The average Bonchev–Trinajstić information content (AvgIpc) is 3.66. The number of methoxy groups -OCH3 is 1. The van der Waals surface area contributed by atoms with E-state index in [4.69, 9.17) is 21.3 Å². The number of ketones is 1. The highest BCUT2D eigenvalue weighted by molar-refractivity contribution is 8.45. The van der Waals surface area contributed by atoms with Crippen LogP contribution in [-0.2, 0) is 10.5 Å². The van der Waals surface area contributed by atoms with Gasteiger partial charge in [0.25, 0.3) is 0 Å². The third-order valence-corrected chi connectivity index (χ3v) is 11.8. The zero-order chi connectivity index (χ0) is 28.8. The number of hydrogen-bond donors (Lipinski definition) is 0. The number of fused-ring (bicyclic) bond motifs is 4. The van der Waals surface area contributed by atoms with Gasteiger partial charge in [0.1, 0.15) is 21.5 Å². The van der Waals surface area contributed by atoms with Gasteiger partial charge in [-0.1, -0.05) is 89.7 Å². The third-order valence-electron chi connectivity index (χ3n) is 7.96. The highest BCUT2D eigenvalue weighted by Gasteiger charge is 2.70. The molecule has 0 aliphatic carbocycles. The first-order chi connectivity index (χ1) is 20.5. The SMILES string of the molecule is COc1ccc([C@@H]2[C@@H](C(=O)c3ccc(Cl)cc3)N3c4ccccc4S[C@@H]3[C@]23N=C(SCc2ccccc2)SC3=O)cc1. The molecule has 7 rings (SSSR count). The Morgan fingerprint density at radius 1 is 0.976 bits per heavy atom. The summed E-state index contributed by atoms with van der Waals surface area (Å²) in [6.45, 7) is 0. The molecule has 1 saturated heterocycles. The summed E-state index contributed by atoms with van der Waals surface area (Å²) < 4.78 is 6.18. The summed E-state index contributed by atoms with van der Waals surface area (Å²) in [5, 5.41) is 0.159. The predicted molar refractivity (Wildman–Crippen MR) is 174 cm³/mol.